The van der Waals surface area contributed by atoms with E-state index in [0.29, 0.717) is 18.1 Å². The number of amides is 3. The number of thioether (sulfide) groups is 1. The summed E-state index contributed by atoms with van der Waals surface area (Å²) in [5, 5.41) is 17.8. The molecule has 2 heterocycles. The van der Waals surface area contributed by atoms with Gasteiger partial charge in [-0.15, -0.1) is 0 Å². The lowest BCUT2D eigenvalue weighted by Crippen LogP contribution is -2.36. The average molecular weight is 343 g/mol. The van der Waals surface area contributed by atoms with Crippen molar-refractivity contribution in [3.63, 3.8) is 0 Å². The van der Waals surface area contributed by atoms with Crippen molar-refractivity contribution in [3.05, 3.63) is 0 Å². The van der Waals surface area contributed by atoms with Crippen LogP contribution in [0.5, 0.6) is 0 Å². The predicted octanol–water partition coefficient (Wildman–Crippen LogP) is 1.08. The Bertz CT molecular complexity index is 460. The molecule has 0 saturated carbocycles. The summed E-state index contributed by atoms with van der Waals surface area (Å²) in [6.45, 7) is 1.83. The van der Waals surface area contributed by atoms with E-state index in [1.54, 1.807) is 0 Å². The van der Waals surface area contributed by atoms with E-state index >= 15 is 0 Å². The number of carbonyl (C=O) groups is 3. The molecule has 0 aromatic rings. The van der Waals surface area contributed by atoms with Gasteiger partial charge < -0.3 is 21.1 Å². The molecule has 0 bridgehead atoms. The Morgan fingerprint density at radius 3 is 2.87 bits per heavy atom. The molecule has 2 rings (SSSR count). The topological polar surface area (TPSA) is 108 Å². The molecule has 0 aromatic carbocycles. The molecule has 130 valence electrons. The van der Waals surface area contributed by atoms with Gasteiger partial charge in [0.25, 0.3) is 0 Å². The van der Waals surface area contributed by atoms with E-state index in [-0.39, 0.29) is 36.5 Å². The predicted molar refractivity (Wildman–Crippen MR) is 88.4 cm³/mol. The van der Waals surface area contributed by atoms with Crippen molar-refractivity contribution in [2.24, 2.45) is 0 Å². The maximum atomic E-state index is 11.8. The SMILES string of the molecule is CC(CCC(=O)O)NC(=O)CCCC[C@@H]1SC[C@@H]2NC(=O)N[C@@H]21. The number of hydrogen-bond donors (Lipinski definition) is 4. The Hall–Kier alpha value is -1.44. The normalized spacial score (nSPS) is 27.0. The number of rotatable bonds is 9. The average Bonchev–Trinajstić information content (AvgIpc) is 3.01. The Labute approximate surface area is 140 Å². The molecule has 0 spiro atoms. The first-order valence-electron chi connectivity index (χ1n) is 8.15. The summed E-state index contributed by atoms with van der Waals surface area (Å²) in [7, 11) is 0. The molecule has 8 heteroatoms. The van der Waals surface area contributed by atoms with Crippen LogP contribution in [0.2, 0.25) is 0 Å². The van der Waals surface area contributed by atoms with E-state index in [1.165, 1.54) is 0 Å². The van der Waals surface area contributed by atoms with Crippen LogP contribution >= 0.6 is 11.8 Å². The van der Waals surface area contributed by atoms with Gasteiger partial charge in [0, 0.05) is 29.9 Å². The van der Waals surface area contributed by atoms with E-state index in [4.69, 9.17) is 5.11 Å². The van der Waals surface area contributed by atoms with Crippen molar-refractivity contribution in [2.75, 3.05) is 5.75 Å². The van der Waals surface area contributed by atoms with Crippen LogP contribution in [-0.4, -0.2) is 52.1 Å². The lowest BCUT2D eigenvalue weighted by Gasteiger charge is -2.16. The molecular weight excluding hydrogens is 318 g/mol. The summed E-state index contributed by atoms with van der Waals surface area (Å²) in [4.78, 5) is 33.6. The zero-order chi connectivity index (χ0) is 16.8. The van der Waals surface area contributed by atoms with Gasteiger partial charge in [-0.2, -0.15) is 11.8 Å². The smallest absolute Gasteiger partial charge is 0.315 e. The van der Waals surface area contributed by atoms with Gasteiger partial charge in [-0.25, -0.2) is 4.79 Å². The maximum Gasteiger partial charge on any atom is 0.315 e. The van der Waals surface area contributed by atoms with Gasteiger partial charge in [-0.3, -0.25) is 9.59 Å². The van der Waals surface area contributed by atoms with Crippen LogP contribution in [0.3, 0.4) is 0 Å². The summed E-state index contributed by atoms with van der Waals surface area (Å²) in [5.41, 5.74) is 0. The summed E-state index contributed by atoms with van der Waals surface area (Å²) in [6.07, 6.45) is 3.75. The van der Waals surface area contributed by atoms with Crippen molar-refractivity contribution in [3.8, 4) is 0 Å². The highest BCUT2D eigenvalue weighted by atomic mass is 32.2. The molecule has 2 aliphatic heterocycles. The molecule has 0 aromatic heterocycles. The first kappa shape index (κ1) is 17.9. The summed E-state index contributed by atoms with van der Waals surface area (Å²) in [5.74, 6) is 0.0953. The fraction of sp³-hybridized carbons (Fsp3) is 0.800. The summed E-state index contributed by atoms with van der Waals surface area (Å²) >= 11 is 1.88. The van der Waals surface area contributed by atoms with Crippen molar-refractivity contribution >= 4 is 29.7 Å². The van der Waals surface area contributed by atoms with Crippen molar-refractivity contribution in [2.45, 2.75) is 68.8 Å². The van der Waals surface area contributed by atoms with Crippen LogP contribution in [-0.2, 0) is 9.59 Å². The minimum Gasteiger partial charge on any atom is -0.481 e. The molecule has 2 saturated heterocycles. The first-order chi connectivity index (χ1) is 11.0. The monoisotopic (exact) mass is 343 g/mol. The second kappa shape index (κ2) is 8.42. The standard InChI is InChI=1S/C15H25N3O4S/c1-9(6-7-13(20)21)16-12(19)5-3-2-4-11-14-10(8-23-11)17-15(22)18-14/h9-11,14H,2-8H2,1H3,(H,16,19)(H,20,21)(H2,17,18,22)/t9?,10-,11-,14-/m0/s1. The van der Waals surface area contributed by atoms with Crippen molar-refractivity contribution in [1.82, 2.24) is 16.0 Å². The number of urea groups is 1. The Balaban J connectivity index is 1.56. The second-order valence-corrected chi connectivity index (χ2v) is 7.54. The highest BCUT2D eigenvalue weighted by molar-refractivity contribution is 8.00. The molecule has 4 N–H and O–H groups in total. The van der Waals surface area contributed by atoms with E-state index in [1.807, 2.05) is 18.7 Å². The second-order valence-electron chi connectivity index (χ2n) is 6.27. The minimum atomic E-state index is -0.841. The van der Waals surface area contributed by atoms with E-state index < -0.39 is 5.97 Å². The lowest BCUT2D eigenvalue weighted by atomic mass is 10.0. The maximum absolute atomic E-state index is 11.8. The molecule has 0 aliphatic carbocycles. The van der Waals surface area contributed by atoms with Gasteiger partial charge >= 0.3 is 12.0 Å². The molecular formula is C15H25N3O4S. The summed E-state index contributed by atoms with van der Waals surface area (Å²) < 4.78 is 0. The quantitative estimate of drug-likeness (QED) is 0.370. The number of unbranched alkanes of at least 4 members (excludes halogenated alkanes) is 1. The lowest BCUT2D eigenvalue weighted by molar-refractivity contribution is -0.137. The zero-order valence-corrected chi connectivity index (χ0v) is 14.2. The van der Waals surface area contributed by atoms with E-state index in [9.17, 15) is 14.4 Å². The zero-order valence-electron chi connectivity index (χ0n) is 13.3. The minimum absolute atomic E-state index is 0.0179. The summed E-state index contributed by atoms with van der Waals surface area (Å²) in [6, 6.07) is 0.290. The van der Waals surface area contributed by atoms with Gasteiger partial charge in [-0.1, -0.05) is 6.42 Å². The van der Waals surface area contributed by atoms with Gasteiger partial charge in [0.05, 0.1) is 12.1 Å². The number of nitrogens with one attached hydrogen (secondary N) is 3. The first-order valence-corrected chi connectivity index (χ1v) is 9.20. The van der Waals surface area contributed by atoms with Gasteiger partial charge in [0.15, 0.2) is 0 Å². The third kappa shape index (κ3) is 5.60. The van der Waals surface area contributed by atoms with Crippen LogP contribution in [0.15, 0.2) is 0 Å². The number of carboxylic acids is 1. The molecule has 2 aliphatic rings. The Morgan fingerprint density at radius 2 is 2.13 bits per heavy atom. The fourth-order valence-corrected chi connectivity index (χ4v) is 4.58. The molecule has 7 nitrogen and oxygen atoms in total. The number of carboxylic acid groups (broad SMARTS) is 1. The molecule has 23 heavy (non-hydrogen) atoms. The van der Waals surface area contributed by atoms with Crippen LogP contribution in [0.25, 0.3) is 0 Å². The molecule has 3 amide bonds. The van der Waals surface area contributed by atoms with Crippen LogP contribution in [0.4, 0.5) is 4.79 Å². The van der Waals surface area contributed by atoms with E-state index in [0.717, 1.165) is 25.0 Å². The van der Waals surface area contributed by atoms with Gasteiger partial charge in [-0.05, 0) is 26.2 Å². The van der Waals surface area contributed by atoms with Crippen molar-refractivity contribution in [1.29, 1.82) is 0 Å². The molecule has 2 fully saturated rings. The molecule has 1 unspecified atom stereocenters. The van der Waals surface area contributed by atoms with Crippen LogP contribution in [0, 0.1) is 0 Å². The Kier molecular flexibility index (Phi) is 6.56. The Morgan fingerprint density at radius 1 is 1.35 bits per heavy atom. The molecule has 0 radical (unpaired) electrons. The number of aliphatic carboxylic acids is 1. The highest BCUT2D eigenvalue weighted by Gasteiger charge is 2.42. The van der Waals surface area contributed by atoms with Gasteiger partial charge in [0.1, 0.15) is 0 Å². The van der Waals surface area contributed by atoms with Crippen LogP contribution < -0.4 is 16.0 Å². The number of fused-ring (bicyclic) bond motifs is 1. The van der Waals surface area contributed by atoms with E-state index in [2.05, 4.69) is 16.0 Å². The third-order valence-electron chi connectivity index (χ3n) is 4.28. The third-order valence-corrected chi connectivity index (χ3v) is 5.79. The molecule has 4 atom stereocenters. The largest absolute Gasteiger partial charge is 0.481 e. The number of carbonyl (C=O) groups excluding carboxylic acids is 2. The van der Waals surface area contributed by atoms with Crippen LogP contribution in [0.1, 0.15) is 45.4 Å². The highest BCUT2D eigenvalue weighted by Crippen LogP contribution is 2.33. The fourth-order valence-electron chi connectivity index (χ4n) is 3.03. The van der Waals surface area contributed by atoms with Gasteiger partial charge in [0.2, 0.25) is 5.91 Å². The number of hydrogen-bond acceptors (Lipinski definition) is 4. The van der Waals surface area contributed by atoms with Crippen molar-refractivity contribution < 1.29 is 19.5 Å².